The fourth-order valence-corrected chi connectivity index (χ4v) is 6.77. The van der Waals surface area contributed by atoms with Crippen molar-refractivity contribution in [1.82, 2.24) is 14.1 Å². The van der Waals surface area contributed by atoms with Gasteiger partial charge in [0.05, 0.1) is 18.6 Å². The molecule has 0 radical (unpaired) electrons. The third-order valence-electron chi connectivity index (χ3n) is 6.42. The number of amides is 1. The summed E-state index contributed by atoms with van der Waals surface area (Å²) in [6.45, 7) is 7.59. The molecule has 0 aliphatic carbocycles. The highest BCUT2D eigenvalue weighted by Crippen LogP contribution is 2.31. The number of hydrogen-bond acceptors (Lipinski definition) is 6. The second-order valence-corrected chi connectivity index (χ2v) is 10.7. The number of benzene rings is 1. The largest absolute Gasteiger partial charge is 0.497 e. The zero-order valence-electron chi connectivity index (χ0n) is 19.8. The van der Waals surface area contributed by atoms with Crippen LogP contribution in [0.5, 0.6) is 5.75 Å². The number of carbonyl (C=O) groups is 1. The Morgan fingerprint density at radius 1 is 1.03 bits per heavy atom. The summed E-state index contributed by atoms with van der Waals surface area (Å²) in [7, 11) is -0.0434. The summed E-state index contributed by atoms with van der Waals surface area (Å²) < 4.78 is 39.8. The minimum Gasteiger partial charge on any atom is -0.497 e. The van der Waals surface area contributed by atoms with E-state index in [0.29, 0.717) is 34.9 Å². The molecule has 32 heavy (non-hydrogen) atoms. The highest BCUT2D eigenvalue weighted by atomic mass is 32.2. The lowest BCUT2D eigenvalue weighted by Gasteiger charge is -2.35. The van der Waals surface area contributed by atoms with Crippen molar-refractivity contribution in [2.75, 3.05) is 60.1 Å². The van der Waals surface area contributed by atoms with Gasteiger partial charge < -0.3 is 19.3 Å². The minimum atomic E-state index is -3.68. The fourth-order valence-electron chi connectivity index (χ4n) is 4.68. The molecule has 180 valence electrons. The summed E-state index contributed by atoms with van der Waals surface area (Å²) in [6, 6.07) is 3.25. The van der Waals surface area contributed by atoms with E-state index in [2.05, 4.69) is 11.9 Å². The van der Waals surface area contributed by atoms with Gasteiger partial charge in [-0.05, 0) is 70.0 Å². The van der Waals surface area contributed by atoms with Crippen molar-refractivity contribution in [3.63, 3.8) is 0 Å². The molecule has 1 amide bonds. The second-order valence-electron chi connectivity index (χ2n) is 8.91. The maximum absolute atomic E-state index is 13.6. The molecule has 2 fully saturated rings. The molecule has 1 atom stereocenters. The van der Waals surface area contributed by atoms with E-state index in [9.17, 15) is 13.2 Å². The van der Waals surface area contributed by atoms with Gasteiger partial charge in [-0.25, -0.2) is 8.42 Å². The third kappa shape index (κ3) is 5.81. The molecule has 2 aliphatic rings. The topological polar surface area (TPSA) is 79.4 Å². The summed E-state index contributed by atoms with van der Waals surface area (Å²) in [5.74, 6) is 0.628. The number of methoxy groups -OCH3 is 1. The average Bonchev–Trinajstić information content (AvgIpc) is 2.97. The number of piperidine rings is 1. The van der Waals surface area contributed by atoms with Crippen LogP contribution in [-0.4, -0.2) is 94.6 Å². The number of hydrogen-bond donors (Lipinski definition) is 0. The monoisotopic (exact) mass is 467 g/mol. The molecule has 8 nitrogen and oxygen atoms in total. The summed E-state index contributed by atoms with van der Waals surface area (Å²) in [4.78, 5) is 17.0. The van der Waals surface area contributed by atoms with Gasteiger partial charge in [-0.1, -0.05) is 6.42 Å². The lowest BCUT2D eigenvalue weighted by atomic mass is 10.1. The molecule has 1 aromatic rings. The predicted molar refractivity (Wildman–Crippen MR) is 124 cm³/mol. The van der Waals surface area contributed by atoms with Crippen LogP contribution in [0.1, 0.15) is 36.8 Å². The molecule has 0 saturated carbocycles. The molecule has 2 heterocycles. The second kappa shape index (κ2) is 11.0. The maximum Gasteiger partial charge on any atom is 0.248 e. The first-order valence-corrected chi connectivity index (χ1v) is 12.9. The van der Waals surface area contributed by atoms with Crippen molar-refractivity contribution in [1.29, 1.82) is 0 Å². The Hall–Kier alpha value is -1.68. The Bertz CT molecular complexity index is 882. The highest BCUT2D eigenvalue weighted by molar-refractivity contribution is 7.89. The van der Waals surface area contributed by atoms with Crippen LogP contribution in [0.2, 0.25) is 0 Å². The lowest BCUT2D eigenvalue weighted by molar-refractivity contribution is -0.136. The van der Waals surface area contributed by atoms with Gasteiger partial charge in [0.25, 0.3) is 0 Å². The number of aryl methyl sites for hydroxylation is 2. The smallest absolute Gasteiger partial charge is 0.248 e. The van der Waals surface area contributed by atoms with Crippen LogP contribution in [0.3, 0.4) is 0 Å². The molecule has 2 saturated heterocycles. The summed E-state index contributed by atoms with van der Waals surface area (Å²) in [5, 5.41) is 0. The molecule has 9 heteroatoms. The van der Waals surface area contributed by atoms with Crippen LogP contribution in [-0.2, 0) is 19.6 Å². The molecule has 0 bridgehead atoms. The van der Waals surface area contributed by atoms with E-state index in [4.69, 9.17) is 9.47 Å². The Morgan fingerprint density at radius 2 is 1.75 bits per heavy atom. The Balaban J connectivity index is 1.66. The van der Waals surface area contributed by atoms with Crippen LogP contribution in [0.15, 0.2) is 17.0 Å². The van der Waals surface area contributed by atoms with Gasteiger partial charge in [0.15, 0.2) is 0 Å². The van der Waals surface area contributed by atoms with E-state index in [1.807, 2.05) is 4.90 Å². The Labute approximate surface area is 192 Å². The van der Waals surface area contributed by atoms with Crippen molar-refractivity contribution in [3.05, 3.63) is 23.3 Å². The molecule has 1 aromatic carbocycles. The van der Waals surface area contributed by atoms with E-state index in [0.717, 1.165) is 45.3 Å². The summed E-state index contributed by atoms with van der Waals surface area (Å²) >= 11 is 0. The van der Waals surface area contributed by atoms with Gasteiger partial charge in [0, 0.05) is 32.2 Å². The van der Waals surface area contributed by atoms with Crippen molar-refractivity contribution < 1.29 is 22.7 Å². The Morgan fingerprint density at radius 3 is 2.44 bits per heavy atom. The zero-order chi connectivity index (χ0) is 23.3. The molecule has 1 unspecified atom stereocenters. The number of nitrogens with zero attached hydrogens (tertiary/aromatic N) is 3. The SMILES string of the molecule is COc1cc(C)c(S(=O)(=O)N2CCCCC2COCC(=O)N2CCCN(C)CC2)c(C)c1. The number of rotatable bonds is 7. The molecule has 0 spiro atoms. The van der Waals surface area contributed by atoms with Crippen LogP contribution in [0.4, 0.5) is 0 Å². The van der Waals surface area contributed by atoms with Crippen molar-refractivity contribution in [2.24, 2.45) is 0 Å². The van der Waals surface area contributed by atoms with Crippen molar-refractivity contribution in [2.45, 2.75) is 50.5 Å². The van der Waals surface area contributed by atoms with Gasteiger partial charge in [0.1, 0.15) is 12.4 Å². The molecule has 2 aliphatic heterocycles. The van der Waals surface area contributed by atoms with Crippen LogP contribution < -0.4 is 4.74 Å². The first-order chi connectivity index (χ1) is 15.2. The van der Waals surface area contributed by atoms with E-state index in [1.54, 1.807) is 37.4 Å². The molecular weight excluding hydrogens is 430 g/mol. The highest BCUT2D eigenvalue weighted by Gasteiger charge is 2.35. The number of ether oxygens (including phenoxy) is 2. The van der Waals surface area contributed by atoms with E-state index in [1.165, 1.54) is 0 Å². The predicted octanol–water partition coefficient (Wildman–Crippen LogP) is 2.04. The van der Waals surface area contributed by atoms with Crippen LogP contribution >= 0.6 is 0 Å². The molecule has 0 N–H and O–H groups in total. The van der Waals surface area contributed by atoms with Crippen LogP contribution in [0.25, 0.3) is 0 Å². The third-order valence-corrected chi connectivity index (χ3v) is 8.68. The van der Waals surface area contributed by atoms with Gasteiger partial charge >= 0.3 is 0 Å². The first kappa shape index (κ1) is 25.0. The summed E-state index contributed by atoms with van der Waals surface area (Å²) in [6.07, 6.45) is 3.46. The van der Waals surface area contributed by atoms with Gasteiger partial charge in [0.2, 0.25) is 15.9 Å². The normalized spacial score (nSPS) is 21.4. The van der Waals surface area contributed by atoms with Crippen molar-refractivity contribution in [3.8, 4) is 5.75 Å². The van der Waals surface area contributed by atoms with E-state index >= 15 is 0 Å². The standard InChI is InChI=1S/C23H37N3O5S/c1-18-14-21(30-4)15-19(2)23(18)32(28,29)26-11-6-5-8-20(26)16-31-17-22(27)25-10-7-9-24(3)12-13-25/h14-15,20H,5-13,16-17H2,1-4H3. The molecular formula is C23H37N3O5S. The molecule has 0 aromatic heterocycles. The zero-order valence-corrected chi connectivity index (χ0v) is 20.6. The summed E-state index contributed by atoms with van der Waals surface area (Å²) in [5.41, 5.74) is 1.35. The average molecular weight is 468 g/mol. The maximum atomic E-state index is 13.6. The van der Waals surface area contributed by atoms with Crippen LogP contribution in [0, 0.1) is 13.8 Å². The van der Waals surface area contributed by atoms with E-state index < -0.39 is 10.0 Å². The fraction of sp³-hybridized carbons (Fsp3) is 0.696. The van der Waals surface area contributed by atoms with Crippen molar-refractivity contribution >= 4 is 15.9 Å². The quantitative estimate of drug-likeness (QED) is 0.611. The number of likely N-dealkylation sites (N-methyl/N-ethyl adjacent to an activating group) is 1. The molecule has 3 rings (SSSR count). The van der Waals surface area contributed by atoms with E-state index in [-0.39, 0.29) is 25.2 Å². The van der Waals surface area contributed by atoms with Gasteiger partial charge in [-0.2, -0.15) is 4.31 Å². The minimum absolute atomic E-state index is 0.00526. The first-order valence-electron chi connectivity index (χ1n) is 11.4. The van der Waals surface area contributed by atoms with Gasteiger partial charge in [-0.15, -0.1) is 0 Å². The van der Waals surface area contributed by atoms with Gasteiger partial charge in [-0.3, -0.25) is 4.79 Å². The Kier molecular flexibility index (Phi) is 8.55. The number of carbonyl (C=O) groups excluding carboxylic acids is 1. The lowest BCUT2D eigenvalue weighted by Crippen LogP contribution is -2.47. The number of sulfonamides is 1.